The topological polar surface area (TPSA) is 56.2 Å². The third kappa shape index (κ3) is 4.19. The van der Waals surface area contributed by atoms with Crippen molar-refractivity contribution in [2.75, 3.05) is 13.7 Å². The van der Waals surface area contributed by atoms with E-state index in [1.54, 1.807) is 7.11 Å². The average Bonchev–Trinajstić information content (AvgIpc) is 3.15. The van der Waals surface area contributed by atoms with Gasteiger partial charge in [0.25, 0.3) is 5.91 Å². The van der Waals surface area contributed by atoms with Gasteiger partial charge in [0.2, 0.25) is 0 Å². The van der Waals surface area contributed by atoms with Crippen LogP contribution in [0.1, 0.15) is 48.0 Å². The molecule has 0 spiro atoms. The van der Waals surface area contributed by atoms with E-state index in [0.29, 0.717) is 18.0 Å². The van der Waals surface area contributed by atoms with Crippen molar-refractivity contribution in [2.45, 2.75) is 38.6 Å². The number of amides is 1. The van der Waals surface area contributed by atoms with E-state index in [1.165, 1.54) is 32.1 Å². The molecule has 1 fully saturated rings. The molecule has 1 aliphatic rings. The number of methoxy groups -OCH3 is 1. The van der Waals surface area contributed by atoms with Crippen molar-refractivity contribution in [3.05, 3.63) is 59.8 Å². The Kier molecular flexibility index (Phi) is 5.60. The van der Waals surface area contributed by atoms with Crippen molar-refractivity contribution in [2.24, 2.45) is 5.92 Å². The van der Waals surface area contributed by atoms with Crippen molar-refractivity contribution in [1.29, 1.82) is 0 Å². The van der Waals surface area contributed by atoms with Crippen LogP contribution in [0.3, 0.4) is 0 Å². The van der Waals surface area contributed by atoms with Crippen LogP contribution in [0.5, 0.6) is 5.75 Å². The van der Waals surface area contributed by atoms with Crippen LogP contribution >= 0.6 is 0 Å². The molecule has 1 heterocycles. The molecule has 5 heteroatoms. The first-order valence-electron chi connectivity index (χ1n) is 10.1. The zero-order chi connectivity index (χ0) is 19.3. The molecule has 1 amide bonds. The fraction of sp³-hybridized carbons (Fsp3) is 0.391. The second-order valence-electron chi connectivity index (χ2n) is 7.64. The fourth-order valence-electron chi connectivity index (χ4n) is 4.01. The van der Waals surface area contributed by atoms with Crippen LogP contribution in [0.25, 0.3) is 10.9 Å². The largest absolute Gasteiger partial charge is 0.497 e. The molecule has 2 aromatic carbocycles. The average molecular weight is 377 g/mol. The Balaban J connectivity index is 1.49. The highest BCUT2D eigenvalue weighted by atomic mass is 16.5. The fourth-order valence-corrected chi connectivity index (χ4v) is 4.01. The van der Waals surface area contributed by atoms with Gasteiger partial charge in [-0.1, -0.05) is 37.5 Å². The highest BCUT2D eigenvalue weighted by Crippen LogP contribution is 2.23. The summed E-state index contributed by atoms with van der Waals surface area (Å²) in [5.74, 6) is 1.46. The minimum Gasteiger partial charge on any atom is -0.497 e. The summed E-state index contributed by atoms with van der Waals surface area (Å²) in [5, 5.41) is 8.67. The van der Waals surface area contributed by atoms with E-state index in [2.05, 4.69) is 16.5 Å². The van der Waals surface area contributed by atoms with Crippen molar-refractivity contribution >= 4 is 16.8 Å². The summed E-state index contributed by atoms with van der Waals surface area (Å²) in [6.07, 6.45) is 8.21. The van der Waals surface area contributed by atoms with Crippen molar-refractivity contribution in [3.8, 4) is 5.75 Å². The summed E-state index contributed by atoms with van der Waals surface area (Å²) in [6, 6.07) is 13.8. The van der Waals surface area contributed by atoms with Gasteiger partial charge in [-0.3, -0.25) is 9.48 Å². The summed E-state index contributed by atoms with van der Waals surface area (Å²) >= 11 is 0. The van der Waals surface area contributed by atoms with E-state index in [4.69, 9.17) is 4.74 Å². The molecule has 1 saturated carbocycles. The quantitative estimate of drug-likeness (QED) is 0.692. The molecule has 0 unspecified atom stereocenters. The number of aromatic nitrogens is 2. The van der Waals surface area contributed by atoms with Gasteiger partial charge in [0.15, 0.2) is 0 Å². The number of ether oxygens (including phenoxy) is 1. The van der Waals surface area contributed by atoms with E-state index >= 15 is 0 Å². The van der Waals surface area contributed by atoms with Gasteiger partial charge in [-0.15, -0.1) is 0 Å². The number of carbonyl (C=O) groups excluding carboxylic acids is 1. The number of carbonyl (C=O) groups is 1. The Morgan fingerprint density at radius 1 is 1.18 bits per heavy atom. The maximum absolute atomic E-state index is 12.6. The molecule has 1 aromatic heterocycles. The van der Waals surface area contributed by atoms with Crippen LogP contribution in [0, 0.1) is 5.92 Å². The lowest BCUT2D eigenvalue weighted by atomic mass is 9.89. The number of nitrogens with one attached hydrogen (secondary N) is 1. The Hall–Kier alpha value is -2.82. The second kappa shape index (κ2) is 8.46. The number of hydrogen-bond acceptors (Lipinski definition) is 3. The Bertz CT molecular complexity index is 957. The maximum Gasteiger partial charge on any atom is 0.251 e. The number of benzene rings is 2. The first kappa shape index (κ1) is 18.5. The predicted octanol–water partition coefficient (Wildman–Crippen LogP) is 4.40. The molecular formula is C23H27N3O2. The van der Waals surface area contributed by atoms with E-state index in [0.717, 1.165) is 28.8 Å². The van der Waals surface area contributed by atoms with Gasteiger partial charge in [0, 0.05) is 17.5 Å². The van der Waals surface area contributed by atoms with E-state index < -0.39 is 0 Å². The van der Waals surface area contributed by atoms with E-state index in [-0.39, 0.29) is 5.91 Å². The van der Waals surface area contributed by atoms with Crippen LogP contribution in [0.15, 0.2) is 48.7 Å². The minimum absolute atomic E-state index is 0.00149. The molecule has 1 aliphatic carbocycles. The van der Waals surface area contributed by atoms with Crippen LogP contribution in [-0.4, -0.2) is 29.3 Å². The molecule has 0 atom stereocenters. The monoisotopic (exact) mass is 377 g/mol. The zero-order valence-corrected chi connectivity index (χ0v) is 16.4. The van der Waals surface area contributed by atoms with E-state index in [9.17, 15) is 4.79 Å². The Morgan fingerprint density at radius 2 is 2.04 bits per heavy atom. The molecular weight excluding hydrogens is 350 g/mol. The van der Waals surface area contributed by atoms with Crippen molar-refractivity contribution < 1.29 is 9.53 Å². The number of hydrogen-bond donors (Lipinski definition) is 1. The van der Waals surface area contributed by atoms with Crippen LogP contribution < -0.4 is 10.1 Å². The normalized spacial score (nSPS) is 14.9. The smallest absolute Gasteiger partial charge is 0.251 e. The van der Waals surface area contributed by atoms with Crippen LogP contribution in [0.4, 0.5) is 0 Å². The molecule has 0 radical (unpaired) electrons. The Labute approximate surface area is 165 Å². The van der Waals surface area contributed by atoms with Gasteiger partial charge in [-0.05, 0) is 48.6 Å². The predicted molar refractivity (Wildman–Crippen MR) is 111 cm³/mol. The van der Waals surface area contributed by atoms with Gasteiger partial charge < -0.3 is 10.1 Å². The van der Waals surface area contributed by atoms with Gasteiger partial charge in [-0.25, -0.2) is 0 Å². The molecule has 5 nitrogen and oxygen atoms in total. The molecule has 3 aromatic rings. The number of rotatable bonds is 6. The summed E-state index contributed by atoms with van der Waals surface area (Å²) < 4.78 is 7.24. The molecule has 0 bridgehead atoms. The lowest BCUT2D eigenvalue weighted by molar-refractivity contribution is 0.0943. The lowest BCUT2D eigenvalue weighted by Gasteiger charge is -2.21. The molecule has 0 saturated heterocycles. The van der Waals surface area contributed by atoms with Gasteiger partial charge >= 0.3 is 0 Å². The van der Waals surface area contributed by atoms with E-state index in [1.807, 2.05) is 47.3 Å². The lowest BCUT2D eigenvalue weighted by Crippen LogP contribution is -2.30. The van der Waals surface area contributed by atoms with Crippen molar-refractivity contribution in [1.82, 2.24) is 15.1 Å². The molecule has 1 N–H and O–H groups in total. The van der Waals surface area contributed by atoms with Gasteiger partial charge in [0.05, 0.1) is 25.4 Å². The summed E-state index contributed by atoms with van der Waals surface area (Å²) in [5.41, 5.74) is 2.76. The summed E-state index contributed by atoms with van der Waals surface area (Å²) in [7, 11) is 1.67. The van der Waals surface area contributed by atoms with Crippen molar-refractivity contribution in [3.63, 3.8) is 0 Å². The second-order valence-corrected chi connectivity index (χ2v) is 7.64. The maximum atomic E-state index is 12.6. The third-order valence-corrected chi connectivity index (χ3v) is 5.65. The Morgan fingerprint density at radius 3 is 2.86 bits per heavy atom. The standard InChI is InChI=1S/C23H27N3O2/c1-28-21-9-5-8-18(12-21)16-26-22-13-19(10-11-20(22)15-25-26)23(27)24-14-17-6-3-2-4-7-17/h5,8-13,15,17H,2-4,6-7,14,16H2,1H3,(H,24,27). The van der Waals surface area contributed by atoms with Crippen LogP contribution in [0.2, 0.25) is 0 Å². The number of fused-ring (bicyclic) bond motifs is 1. The molecule has 146 valence electrons. The summed E-state index contributed by atoms with van der Waals surface area (Å²) in [6.45, 7) is 1.41. The summed E-state index contributed by atoms with van der Waals surface area (Å²) in [4.78, 5) is 12.6. The minimum atomic E-state index is 0.00149. The SMILES string of the molecule is COc1cccc(Cn2ncc3ccc(C(=O)NCC4CCCCC4)cc32)c1. The molecule has 28 heavy (non-hydrogen) atoms. The molecule has 0 aliphatic heterocycles. The molecule has 4 rings (SSSR count). The number of nitrogens with zero attached hydrogens (tertiary/aromatic N) is 2. The zero-order valence-electron chi connectivity index (χ0n) is 16.4. The first-order valence-corrected chi connectivity index (χ1v) is 10.1. The van der Waals surface area contributed by atoms with Gasteiger partial charge in [0.1, 0.15) is 5.75 Å². The first-order chi connectivity index (χ1) is 13.7. The highest BCUT2D eigenvalue weighted by molar-refractivity contribution is 5.97. The third-order valence-electron chi connectivity index (χ3n) is 5.65. The highest BCUT2D eigenvalue weighted by Gasteiger charge is 2.15. The van der Waals surface area contributed by atoms with Crippen LogP contribution in [-0.2, 0) is 6.54 Å². The van der Waals surface area contributed by atoms with Gasteiger partial charge in [-0.2, -0.15) is 5.10 Å².